The zero-order valence-electron chi connectivity index (χ0n) is 62.2. The molecule has 582 valence electrons. The number of benzene rings is 9. The van der Waals surface area contributed by atoms with Crippen LogP contribution in [0.15, 0.2) is 272 Å². The Morgan fingerprint density at radius 2 is 0.774 bits per heavy atom. The molecule has 1 saturated heterocycles. The minimum Gasteiger partial charge on any atom is -0.423 e. The number of azo groups is 4. The van der Waals surface area contributed by atoms with Crippen molar-refractivity contribution in [1.82, 2.24) is 19.9 Å². The summed E-state index contributed by atoms with van der Waals surface area (Å²) in [4.78, 5) is 27.7. The Kier molecular flexibility index (Phi) is 32.1. The number of fused-ring (bicyclic) bond motifs is 4. The van der Waals surface area contributed by atoms with Gasteiger partial charge in [-0.3, -0.25) is 10.2 Å². The second kappa shape index (κ2) is 42.6. The molecule has 14 rings (SSSR count). The second-order valence-corrected chi connectivity index (χ2v) is 32.3. The lowest BCUT2D eigenvalue weighted by Crippen LogP contribution is -2.32. The third-order valence-corrected chi connectivity index (χ3v) is 20.8. The molecular weight excluding hydrogens is 1770 g/mol. The van der Waals surface area contributed by atoms with Gasteiger partial charge in [-0.05, 0) is 188 Å². The van der Waals surface area contributed by atoms with E-state index in [2.05, 4.69) is 137 Å². The van der Waals surface area contributed by atoms with Crippen LogP contribution in [0.3, 0.4) is 0 Å². The van der Waals surface area contributed by atoms with Crippen LogP contribution in [0.25, 0.3) is 43.1 Å². The topological polar surface area (TPSA) is 433 Å². The Balaban J connectivity index is 0.000000161. The number of carbonyl (C=O) groups excluding carboxylic acids is 1. The number of anilines is 4. The smallest absolute Gasteiger partial charge is 0.423 e. The molecule has 0 saturated carbocycles. The van der Waals surface area contributed by atoms with Crippen molar-refractivity contribution < 1.29 is 14.8 Å². The summed E-state index contributed by atoms with van der Waals surface area (Å²) >= 11 is 21.3. The van der Waals surface area contributed by atoms with Crippen LogP contribution in [0, 0.1) is 28.6 Å². The highest BCUT2D eigenvalue weighted by Crippen LogP contribution is 2.39. The number of nitrogen functional groups attached to an aromatic ring is 5. The molecule has 32 heteroatoms. The molecule has 24 nitrogen and oxygen atoms in total. The number of pyridine rings is 4. The molecule has 0 amide bonds. The summed E-state index contributed by atoms with van der Waals surface area (Å²) in [5.41, 5.74) is 41.4. The lowest BCUT2D eigenvalue weighted by atomic mass is 9.76. The lowest BCUT2D eigenvalue weighted by Gasteiger charge is -2.09. The van der Waals surface area contributed by atoms with Crippen LogP contribution < -0.4 is 34.1 Å². The van der Waals surface area contributed by atoms with E-state index in [0.717, 1.165) is 120 Å². The van der Waals surface area contributed by atoms with Gasteiger partial charge in [0.25, 0.3) is 0 Å². The second-order valence-electron chi connectivity index (χ2n) is 25.7. The number of nitrogens with two attached hydrogens (primary N) is 5. The van der Waals surface area contributed by atoms with E-state index >= 15 is 0 Å². The van der Waals surface area contributed by atoms with Crippen molar-refractivity contribution in [2.75, 3.05) is 45.9 Å². The van der Waals surface area contributed by atoms with E-state index in [1.165, 1.54) is 23.3 Å². The van der Waals surface area contributed by atoms with Gasteiger partial charge in [0, 0.05) is 133 Å². The minimum atomic E-state index is -1.47. The predicted octanol–water partition coefficient (Wildman–Crippen LogP) is 22.5. The molecule has 0 atom stereocenters. The number of rotatable bonds is 23. The summed E-state index contributed by atoms with van der Waals surface area (Å²) in [6.45, 7) is 3.40. The number of hydrogen-bond donors (Lipinski definition) is 12. The third kappa shape index (κ3) is 25.7. The number of thiol groups is 1. The van der Waals surface area contributed by atoms with Gasteiger partial charge in [0.05, 0.1) is 22.7 Å². The van der Waals surface area contributed by atoms with Crippen LogP contribution in [-0.2, 0) is 11.2 Å². The number of hydrogen-bond acceptors (Lipinski definition) is 26. The molecule has 5 heterocycles. The third-order valence-electron chi connectivity index (χ3n) is 17.3. The molecule has 0 aliphatic carbocycles. The molecule has 115 heavy (non-hydrogen) atoms. The highest BCUT2D eigenvalue weighted by molar-refractivity contribution is 9.11. The van der Waals surface area contributed by atoms with Crippen LogP contribution in [0.1, 0.15) is 72.4 Å². The molecule has 1 aliphatic heterocycles. The zero-order valence-corrected chi connectivity index (χ0v) is 71.1. The average molecular weight is 1840 g/mol. The van der Waals surface area contributed by atoms with E-state index < -0.39 is 7.12 Å². The molecular formula is C83H78BBr4N21O3S3. The van der Waals surface area contributed by atoms with Gasteiger partial charge in [-0.25, -0.2) is 19.9 Å². The monoisotopic (exact) mass is 1840 g/mol. The van der Waals surface area contributed by atoms with Gasteiger partial charge in [0.1, 0.15) is 28.6 Å². The molecule has 0 radical (unpaired) electrons. The Bertz CT molecular complexity index is 5810. The van der Waals surface area contributed by atoms with Crippen LogP contribution in [-0.4, -0.2) is 88.2 Å². The first-order valence-corrected chi connectivity index (χ1v) is 41.6. The van der Waals surface area contributed by atoms with Gasteiger partial charge in [0.15, 0.2) is 28.4 Å². The van der Waals surface area contributed by atoms with Crippen LogP contribution in [0.5, 0.6) is 0 Å². The average Bonchev–Trinajstić information content (AvgIpc) is 1.81. The summed E-state index contributed by atoms with van der Waals surface area (Å²) < 4.78 is 3.72. The van der Waals surface area contributed by atoms with Crippen molar-refractivity contribution in [1.29, 1.82) is 21.6 Å². The summed E-state index contributed by atoms with van der Waals surface area (Å²) in [6.07, 6.45) is 11.2. The molecule has 1 aliphatic rings. The van der Waals surface area contributed by atoms with Gasteiger partial charge < -0.3 is 54.9 Å². The summed E-state index contributed by atoms with van der Waals surface area (Å²) in [5, 5.41) is 92.4. The highest BCUT2D eigenvalue weighted by atomic mass is 79.9. The van der Waals surface area contributed by atoms with Crippen molar-refractivity contribution in [3.05, 3.63) is 264 Å². The van der Waals surface area contributed by atoms with Crippen molar-refractivity contribution >= 4 is 252 Å². The zero-order chi connectivity index (χ0) is 82.1. The minimum absolute atomic E-state index is 0.0147. The molecule has 0 unspecified atom stereocenters. The number of thioether (sulfide) groups is 2. The number of halogens is 4. The summed E-state index contributed by atoms with van der Waals surface area (Å²) in [5.74, 6) is 5.65. The van der Waals surface area contributed by atoms with Gasteiger partial charge in [-0.15, -0.1) is 20.5 Å². The fraction of sp³-hybridized carbons (Fsp3) is 0.145. The normalized spacial score (nSPS) is 11.6. The molecule has 13 aromatic rings. The maximum atomic E-state index is 10.9. The fourth-order valence-electron chi connectivity index (χ4n) is 11.1. The molecule has 1 fully saturated rings. The number of amidine groups is 1. The molecule has 0 spiro atoms. The van der Waals surface area contributed by atoms with E-state index in [4.69, 9.17) is 50.3 Å². The van der Waals surface area contributed by atoms with Crippen LogP contribution >= 0.6 is 99.9 Å². The Morgan fingerprint density at radius 3 is 1.06 bits per heavy atom. The van der Waals surface area contributed by atoms with Gasteiger partial charge >= 0.3 is 7.12 Å². The van der Waals surface area contributed by atoms with Crippen molar-refractivity contribution in [3.8, 4) is 0 Å². The number of aryl methyl sites for hydroxylation is 2. The Labute approximate surface area is 711 Å². The Morgan fingerprint density at radius 1 is 0.461 bits per heavy atom. The van der Waals surface area contributed by atoms with Crippen molar-refractivity contribution in [2.45, 2.75) is 52.4 Å². The first-order valence-electron chi connectivity index (χ1n) is 35.7. The maximum Gasteiger partial charge on any atom is 0.488 e. The van der Waals surface area contributed by atoms with Crippen molar-refractivity contribution in [3.63, 3.8) is 0 Å². The van der Waals surface area contributed by atoms with Gasteiger partial charge in [0.2, 0.25) is 0 Å². The SMILES string of the molecule is C1CS1.CC(=O)SCCCC(=N)c1ccc(N=Nc2c(N)ncc3ccc(Br)cc23)cc1.Cc1cc(CCC(=N)c2ccc(N=Nc3c(N)ncc4ccc(Br)cc34)cc2)ccc1B(O)O.N=C(CCCS)c1ccc(N=Nc2c(N)ncc3ccc(Br)cc23)cc1.N=C(N)c1ccc(N=Nc2c(N)ncc3ccc(Br)cc23)cc1. The van der Waals surface area contributed by atoms with E-state index in [-0.39, 0.29) is 11.0 Å². The molecule has 0 bridgehead atoms. The van der Waals surface area contributed by atoms with Gasteiger partial charge in [-0.1, -0.05) is 160 Å². The van der Waals surface area contributed by atoms with E-state index in [9.17, 15) is 14.8 Å². The fourth-order valence-corrected chi connectivity index (χ4v) is 13.3. The van der Waals surface area contributed by atoms with Crippen LogP contribution in [0.2, 0.25) is 0 Å². The maximum absolute atomic E-state index is 10.9. The summed E-state index contributed by atoms with van der Waals surface area (Å²) in [7, 11) is -1.47. The molecule has 4 aromatic heterocycles. The first-order chi connectivity index (χ1) is 55.4. The largest absolute Gasteiger partial charge is 0.488 e. The van der Waals surface area contributed by atoms with E-state index in [0.29, 0.717) is 116 Å². The van der Waals surface area contributed by atoms with Gasteiger partial charge in [-0.2, -0.15) is 44.8 Å². The number of nitrogens with zero attached hydrogens (tertiary/aromatic N) is 12. The van der Waals surface area contributed by atoms with Crippen molar-refractivity contribution in [2.24, 2.45) is 46.6 Å². The predicted molar refractivity (Wildman–Crippen MR) is 492 cm³/mol. The van der Waals surface area contributed by atoms with E-state index in [1.807, 2.05) is 176 Å². The quantitative estimate of drug-likeness (QED) is 0.00539. The summed E-state index contributed by atoms with van der Waals surface area (Å²) in [6, 6.07) is 57.9. The number of aromatic nitrogens is 4. The first kappa shape index (κ1) is 86.7. The Hall–Kier alpha value is -10.7. The standard InChI is InChI=1S/C25H23BBrN5O2.C21H20BrN5OS.C19H18BrN5S.C16H13BrN6.C2H4S/c1-15-12-16(2-10-22(15)26(33)34)3-11-23(28)17-5-8-20(9-6-17)31-32-24-21-13-19(27)7-4-18(21)14-30-25(24)29;1-13(28)29-10-2-3-19(23)14-5-8-17(9-6-14)26-27-20-18-11-16(22)7-4-15(18)12-25-21(20)24;20-14-6-3-13-11-23-19(22)18(16(13)10-14)25-24-15-7-4-12(5-8-15)17(21)2-1-9-26;17-11-4-1-10-8-21-16(20)14(13(10)7-11)23-22-12-5-2-9(3-6-12)15(18)19;1-2-3-1/h2,4-10,12-14,28,33-34H,3,11H2,1H3,(H2,29,30);4-9,11-12,23H,2-3,10H2,1H3,(H2,24,25);3-8,10-11,21,26H,1-2,9H2,(H2,22,23);1-8H,(H3,18,19)(H2,20,21);1-2H2. The lowest BCUT2D eigenvalue weighted by molar-refractivity contribution is -0.109. The molecule has 16 N–H and O–H groups in total. The number of nitrogens with one attached hydrogen (secondary N) is 4. The van der Waals surface area contributed by atoms with Crippen LogP contribution in [0.4, 0.5) is 68.8 Å². The van der Waals surface area contributed by atoms with E-state index in [1.54, 1.807) is 62.0 Å². The molecule has 9 aromatic carbocycles. The number of carbonyl (C=O) groups is 1. The highest BCUT2D eigenvalue weighted by Gasteiger charge is 2.17.